The lowest BCUT2D eigenvalue weighted by Gasteiger charge is -2.31. The van der Waals surface area contributed by atoms with Gasteiger partial charge in [0.15, 0.2) is 0 Å². The minimum atomic E-state index is -0.519. The van der Waals surface area contributed by atoms with Crippen LogP contribution in [0.3, 0.4) is 0 Å². The summed E-state index contributed by atoms with van der Waals surface area (Å²) in [5.41, 5.74) is 2.99. The van der Waals surface area contributed by atoms with Crippen LogP contribution in [0.1, 0.15) is 43.9 Å². The van der Waals surface area contributed by atoms with Crippen molar-refractivity contribution in [1.29, 1.82) is 0 Å². The lowest BCUT2D eigenvalue weighted by Crippen LogP contribution is -2.50. The van der Waals surface area contributed by atoms with Gasteiger partial charge in [0.1, 0.15) is 6.04 Å². The number of halogens is 1. The van der Waals surface area contributed by atoms with Gasteiger partial charge in [-0.25, -0.2) is 0 Å². The summed E-state index contributed by atoms with van der Waals surface area (Å²) in [6.45, 7) is 8.13. The van der Waals surface area contributed by atoms with E-state index in [2.05, 4.69) is 5.32 Å². The smallest absolute Gasteiger partial charge is 0.243 e. The van der Waals surface area contributed by atoms with E-state index in [1.54, 1.807) is 17.0 Å². The number of nitrogens with one attached hydrogen (secondary N) is 1. The van der Waals surface area contributed by atoms with Crippen molar-refractivity contribution in [2.24, 2.45) is 0 Å². The molecule has 0 aliphatic carbocycles. The van der Waals surface area contributed by atoms with E-state index in [9.17, 15) is 9.59 Å². The van der Waals surface area contributed by atoms with E-state index < -0.39 is 6.04 Å². The summed E-state index contributed by atoms with van der Waals surface area (Å²) in [4.78, 5) is 27.7. The second kappa shape index (κ2) is 10.3. The van der Waals surface area contributed by atoms with Crippen LogP contribution in [0.25, 0.3) is 0 Å². The molecule has 0 radical (unpaired) electrons. The molecule has 1 atom stereocenters. The van der Waals surface area contributed by atoms with Crippen LogP contribution in [0.5, 0.6) is 0 Å². The predicted molar refractivity (Wildman–Crippen MR) is 114 cm³/mol. The first kappa shape index (κ1) is 22.0. The van der Waals surface area contributed by atoms with Crippen LogP contribution in [0.4, 0.5) is 0 Å². The minimum absolute atomic E-state index is 0.0189. The highest BCUT2D eigenvalue weighted by Gasteiger charge is 2.29. The zero-order valence-corrected chi connectivity index (χ0v) is 17.8. The molecular weight excluding hydrogens is 372 g/mol. The fourth-order valence-electron chi connectivity index (χ4n) is 3.16. The average Bonchev–Trinajstić information content (AvgIpc) is 2.64. The lowest BCUT2D eigenvalue weighted by molar-refractivity contribution is -0.141. The lowest BCUT2D eigenvalue weighted by atomic mass is 10.0. The third-order valence-corrected chi connectivity index (χ3v) is 4.94. The Kier molecular flexibility index (Phi) is 8.06. The molecular formula is C23H29ClN2O2. The number of hydrogen-bond acceptors (Lipinski definition) is 2. The normalized spacial score (nSPS) is 11.9. The van der Waals surface area contributed by atoms with Crippen LogP contribution in [0.2, 0.25) is 5.02 Å². The van der Waals surface area contributed by atoms with Gasteiger partial charge in [-0.1, -0.05) is 54.9 Å². The van der Waals surface area contributed by atoms with Gasteiger partial charge in [0.05, 0.1) is 6.42 Å². The van der Waals surface area contributed by atoms with Gasteiger partial charge in [0, 0.05) is 17.6 Å². The maximum atomic E-state index is 13.2. The maximum absolute atomic E-state index is 13.2. The number of aryl methyl sites for hydroxylation is 1. The van der Waals surface area contributed by atoms with Crippen LogP contribution in [-0.4, -0.2) is 28.8 Å². The van der Waals surface area contributed by atoms with Gasteiger partial charge < -0.3 is 10.2 Å². The first-order chi connectivity index (χ1) is 13.3. The van der Waals surface area contributed by atoms with Crippen molar-refractivity contribution in [3.8, 4) is 0 Å². The summed E-state index contributed by atoms with van der Waals surface area (Å²) in [5, 5.41) is 3.59. The molecule has 0 unspecified atom stereocenters. The van der Waals surface area contributed by atoms with Crippen molar-refractivity contribution < 1.29 is 9.59 Å². The Morgan fingerprint density at radius 3 is 2.29 bits per heavy atom. The number of nitrogens with zero attached hydrogens (tertiary/aromatic N) is 1. The molecule has 150 valence electrons. The van der Waals surface area contributed by atoms with Crippen LogP contribution in [0, 0.1) is 6.92 Å². The molecule has 0 aliphatic rings. The molecule has 0 saturated heterocycles. The quantitative estimate of drug-likeness (QED) is 0.708. The second-order valence-corrected chi connectivity index (χ2v) is 7.78. The van der Waals surface area contributed by atoms with Crippen molar-refractivity contribution in [3.63, 3.8) is 0 Å². The molecule has 0 saturated carbocycles. The Balaban J connectivity index is 2.30. The number of carbonyl (C=O) groups is 2. The molecule has 2 amide bonds. The third kappa shape index (κ3) is 6.10. The van der Waals surface area contributed by atoms with E-state index in [1.165, 1.54) is 0 Å². The molecule has 0 aromatic heterocycles. The highest BCUT2D eigenvalue weighted by Crippen LogP contribution is 2.18. The first-order valence-corrected chi connectivity index (χ1v) is 10.1. The summed E-state index contributed by atoms with van der Waals surface area (Å²) in [6.07, 6.45) is 0.817. The monoisotopic (exact) mass is 400 g/mol. The molecule has 1 N–H and O–H groups in total. The van der Waals surface area contributed by atoms with Crippen molar-refractivity contribution in [2.45, 2.75) is 59.2 Å². The largest absolute Gasteiger partial charge is 0.352 e. The van der Waals surface area contributed by atoms with Gasteiger partial charge in [-0.05, 0) is 56.0 Å². The number of rotatable bonds is 8. The summed E-state index contributed by atoms with van der Waals surface area (Å²) in [5.74, 6) is -0.181. The first-order valence-electron chi connectivity index (χ1n) is 9.70. The maximum Gasteiger partial charge on any atom is 0.243 e. The Hall–Kier alpha value is -2.33. The Morgan fingerprint density at radius 2 is 1.71 bits per heavy atom. The van der Waals surface area contributed by atoms with Gasteiger partial charge in [0.25, 0.3) is 0 Å². The fraction of sp³-hybridized carbons (Fsp3) is 0.391. The summed E-state index contributed by atoms with van der Waals surface area (Å²) < 4.78 is 0. The molecule has 2 rings (SSSR count). The van der Waals surface area contributed by atoms with E-state index in [0.717, 1.165) is 16.7 Å². The summed E-state index contributed by atoms with van der Waals surface area (Å²) in [6, 6.07) is 14.7. The van der Waals surface area contributed by atoms with Gasteiger partial charge in [-0.15, -0.1) is 0 Å². The number of carbonyl (C=O) groups excluding carboxylic acids is 2. The van der Waals surface area contributed by atoms with E-state index in [1.807, 2.05) is 64.1 Å². The number of amides is 2. The Labute approximate surface area is 172 Å². The molecule has 0 spiro atoms. The number of hydrogen-bond donors (Lipinski definition) is 1. The fourth-order valence-corrected chi connectivity index (χ4v) is 3.29. The second-order valence-electron chi connectivity index (χ2n) is 7.34. The summed E-state index contributed by atoms with van der Waals surface area (Å²) >= 11 is 5.99. The highest BCUT2D eigenvalue weighted by molar-refractivity contribution is 6.30. The van der Waals surface area contributed by atoms with Crippen molar-refractivity contribution in [2.75, 3.05) is 0 Å². The van der Waals surface area contributed by atoms with Gasteiger partial charge in [-0.2, -0.15) is 0 Å². The van der Waals surface area contributed by atoms with Crippen molar-refractivity contribution >= 4 is 23.4 Å². The third-order valence-electron chi connectivity index (χ3n) is 4.69. The molecule has 2 aromatic rings. The number of benzene rings is 2. The van der Waals surface area contributed by atoms with E-state index >= 15 is 0 Å². The molecule has 0 fully saturated rings. The van der Waals surface area contributed by atoms with Gasteiger partial charge in [-0.3, -0.25) is 9.59 Å². The van der Waals surface area contributed by atoms with Crippen LogP contribution < -0.4 is 5.32 Å². The van der Waals surface area contributed by atoms with E-state index in [4.69, 9.17) is 11.6 Å². The zero-order valence-electron chi connectivity index (χ0n) is 17.0. The molecule has 28 heavy (non-hydrogen) atoms. The van der Waals surface area contributed by atoms with Gasteiger partial charge in [0.2, 0.25) is 11.8 Å². The molecule has 4 nitrogen and oxygen atoms in total. The van der Waals surface area contributed by atoms with E-state index in [-0.39, 0.29) is 24.3 Å². The minimum Gasteiger partial charge on any atom is -0.352 e. The molecule has 5 heteroatoms. The average molecular weight is 401 g/mol. The van der Waals surface area contributed by atoms with Gasteiger partial charge >= 0.3 is 0 Å². The standard InChI is InChI=1S/C23H29ClN2O2/c1-5-21(23(28)25-16(2)3)26(15-18-10-12-20(24)13-11-18)22(27)14-19-9-7-6-8-17(19)4/h6-13,16,21H,5,14-15H2,1-4H3,(H,25,28)/t21-/m0/s1. The molecule has 2 aromatic carbocycles. The van der Waals surface area contributed by atoms with Crippen molar-refractivity contribution in [1.82, 2.24) is 10.2 Å². The van der Waals surface area contributed by atoms with Crippen LogP contribution >= 0.6 is 11.6 Å². The van der Waals surface area contributed by atoms with Crippen molar-refractivity contribution in [3.05, 3.63) is 70.2 Å². The molecule has 0 heterocycles. The summed E-state index contributed by atoms with van der Waals surface area (Å²) in [7, 11) is 0. The van der Waals surface area contributed by atoms with E-state index in [0.29, 0.717) is 18.0 Å². The predicted octanol–water partition coefficient (Wildman–Crippen LogP) is 4.52. The highest BCUT2D eigenvalue weighted by atomic mass is 35.5. The topological polar surface area (TPSA) is 49.4 Å². The van der Waals surface area contributed by atoms with Crippen LogP contribution in [-0.2, 0) is 22.6 Å². The zero-order chi connectivity index (χ0) is 20.7. The molecule has 0 bridgehead atoms. The SMILES string of the molecule is CC[C@@H](C(=O)NC(C)C)N(Cc1ccc(Cl)cc1)C(=O)Cc1ccccc1C. The Bertz CT molecular complexity index is 803. The van der Waals surface area contributed by atoms with Crippen LogP contribution in [0.15, 0.2) is 48.5 Å². The Morgan fingerprint density at radius 1 is 1.07 bits per heavy atom. The molecule has 0 aliphatic heterocycles.